The Hall–Kier alpha value is -0.700. The number of aromatic nitrogens is 2. The molecule has 90 valence electrons. The van der Waals surface area contributed by atoms with Crippen LogP contribution in [0.15, 0.2) is 0 Å². The molecule has 0 bridgehead atoms. The van der Waals surface area contributed by atoms with Gasteiger partial charge in [0, 0.05) is 25.7 Å². The number of aryl methyl sites for hydroxylation is 2. The zero-order chi connectivity index (χ0) is 11.7. The van der Waals surface area contributed by atoms with Crippen molar-refractivity contribution in [2.24, 2.45) is 13.0 Å². The molecule has 1 fully saturated rings. The van der Waals surface area contributed by atoms with Crippen molar-refractivity contribution in [2.45, 2.75) is 32.6 Å². The first-order chi connectivity index (χ1) is 7.63. The minimum absolute atomic E-state index is 0.557. The van der Waals surface area contributed by atoms with E-state index in [1.807, 2.05) is 18.7 Å². The van der Waals surface area contributed by atoms with Crippen molar-refractivity contribution in [1.29, 1.82) is 0 Å². The predicted molar refractivity (Wildman–Crippen MR) is 68.1 cm³/mol. The summed E-state index contributed by atoms with van der Waals surface area (Å²) in [6.07, 6.45) is 2.54. The van der Waals surface area contributed by atoms with Gasteiger partial charge >= 0.3 is 0 Å². The number of rotatable bonds is 2. The topological polar surface area (TPSA) is 21.1 Å². The standard InChI is InChI=1S/C12H20ClN3/c1-9-4-6-16(7-5-9)12-11(8-13)10(2)14-15(12)3/h9H,4-8H2,1-3H3. The summed E-state index contributed by atoms with van der Waals surface area (Å²) < 4.78 is 1.98. The highest BCUT2D eigenvalue weighted by molar-refractivity contribution is 6.17. The summed E-state index contributed by atoms with van der Waals surface area (Å²) in [5, 5.41) is 4.47. The summed E-state index contributed by atoms with van der Waals surface area (Å²) in [5.41, 5.74) is 2.25. The van der Waals surface area contributed by atoms with E-state index in [0.29, 0.717) is 5.88 Å². The summed E-state index contributed by atoms with van der Waals surface area (Å²) in [4.78, 5) is 2.43. The fraction of sp³-hybridized carbons (Fsp3) is 0.750. The molecule has 0 saturated carbocycles. The third-order valence-corrected chi connectivity index (χ3v) is 3.80. The quantitative estimate of drug-likeness (QED) is 0.743. The van der Waals surface area contributed by atoms with Crippen LogP contribution in [0.25, 0.3) is 0 Å². The molecular weight excluding hydrogens is 222 g/mol. The van der Waals surface area contributed by atoms with Crippen LogP contribution < -0.4 is 4.90 Å². The van der Waals surface area contributed by atoms with Gasteiger partial charge in [-0.2, -0.15) is 5.10 Å². The van der Waals surface area contributed by atoms with Crippen LogP contribution in [0.4, 0.5) is 5.82 Å². The SMILES string of the molecule is Cc1nn(C)c(N2CCC(C)CC2)c1CCl. The van der Waals surface area contributed by atoms with Gasteiger partial charge in [0.25, 0.3) is 0 Å². The zero-order valence-corrected chi connectivity index (χ0v) is 11.1. The molecule has 3 nitrogen and oxygen atoms in total. The Morgan fingerprint density at radius 3 is 2.56 bits per heavy atom. The second-order valence-corrected chi connectivity index (χ2v) is 5.08. The maximum absolute atomic E-state index is 6.02. The van der Waals surface area contributed by atoms with Crippen LogP contribution in [0.3, 0.4) is 0 Å². The first-order valence-corrected chi connectivity index (χ1v) is 6.50. The second-order valence-electron chi connectivity index (χ2n) is 4.81. The first kappa shape index (κ1) is 11.8. The highest BCUT2D eigenvalue weighted by atomic mass is 35.5. The number of hydrogen-bond donors (Lipinski definition) is 0. The van der Waals surface area contributed by atoms with Crippen LogP contribution in [0.1, 0.15) is 31.0 Å². The van der Waals surface area contributed by atoms with E-state index in [0.717, 1.165) is 24.7 Å². The molecule has 1 saturated heterocycles. The summed E-state index contributed by atoms with van der Waals surface area (Å²) in [5.74, 6) is 2.63. The summed E-state index contributed by atoms with van der Waals surface area (Å²) >= 11 is 6.02. The molecule has 4 heteroatoms. The van der Waals surface area contributed by atoms with E-state index in [-0.39, 0.29) is 0 Å². The molecule has 0 spiro atoms. The van der Waals surface area contributed by atoms with Gasteiger partial charge in [0.1, 0.15) is 5.82 Å². The highest BCUT2D eigenvalue weighted by Crippen LogP contribution is 2.28. The molecule has 1 aliphatic heterocycles. The molecule has 0 atom stereocenters. The van der Waals surface area contributed by atoms with Crippen LogP contribution in [-0.2, 0) is 12.9 Å². The fourth-order valence-corrected chi connectivity index (χ4v) is 2.78. The summed E-state index contributed by atoms with van der Waals surface area (Å²) in [6.45, 7) is 6.62. The Labute approximate surface area is 102 Å². The average Bonchev–Trinajstić information content (AvgIpc) is 2.54. The largest absolute Gasteiger partial charge is 0.357 e. The molecule has 16 heavy (non-hydrogen) atoms. The Bertz CT molecular complexity index is 365. The summed E-state index contributed by atoms with van der Waals surface area (Å²) in [6, 6.07) is 0. The lowest BCUT2D eigenvalue weighted by Gasteiger charge is -2.32. The van der Waals surface area contributed by atoms with Gasteiger partial charge in [-0.05, 0) is 25.7 Å². The number of piperidine rings is 1. The Kier molecular flexibility index (Phi) is 3.43. The molecular formula is C12H20ClN3. The number of anilines is 1. The van der Waals surface area contributed by atoms with Crippen molar-refractivity contribution in [3.05, 3.63) is 11.3 Å². The van der Waals surface area contributed by atoms with Crippen molar-refractivity contribution < 1.29 is 0 Å². The molecule has 2 heterocycles. The lowest BCUT2D eigenvalue weighted by atomic mass is 9.99. The van der Waals surface area contributed by atoms with E-state index in [1.54, 1.807) is 0 Å². The van der Waals surface area contributed by atoms with E-state index in [9.17, 15) is 0 Å². The lowest BCUT2D eigenvalue weighted by molar-refractivity contribution is 0.433. The van der Waals surface area contributed by atoms with Gasteiger partial charge in [-0.1, -0.05) is 6.92 Å². The predicted octanol–water partition coefficient (Wildman–Crippen LogP) is 2.70. The molecule has 1 aliphatic rings. The van der Waals surface area contributed by atoms with Gasteiger partial charge in [0.05, 0.1) is 11.6 Å². The van der Waals surface area contributed by atoms with Crippen molar-refractivity contribution in [3.8, 4) is 0 Å². The minimum atomic E-state index is 0.557. The smallest absolute Gasteiger partial charge is 0.131 e. The lowest BCUT2D eigenvalue weighted by Crippen LogP contribution is -2.34. The average molecular weight is 242 g/mol. The van der Waals surface area contributed by atoms with Crippen molar-refractivity contribution in [2.75, 3.05) is 18.0 Å². The van der Waals surface area contributed by atoms with Crippen LogP contribution >= 0.6 is 11.6 Å². The maximum Gasteiger partial charge on any atom is 0.131 e. The Morgan fingerprint density at radius 1 is 1.38 bits per heavy atom. The van der Waals surface area contributed by atoms with Crippen LogP contribution in [-0.4, -0.2) is 22.9 Å². The molecule has 2 rings (SSSR count). The second kappa shape index (κ2) is 4.66. The van der Waals surface area contributed by atoms with E-state index >= 15 is 0 Å². The van der Waals surface area contributed by atoms with E-state index in [2.05, 4.69) is 16.9 Å². The van der Waals surface area contributed by atoms with Crippen molar-refractivity contribution in [3.63, 3.8) is 0 Å². The number of hydrogen-bond acceptors (Lipinski definition) is 2. The molecule has 0 amide bonds. The van der Waals surface area contributed by atoms with Crippen molar-refractivity contribution >= 4 is 17.4 Å². The normalized spacial score (nSPS) is 18.1. The molecule has 0 unspecified atom stereocenters. The number of alkyl halides is 1. The minimum Gasteiger partial charge on any atom is -0.357 e. The monoisotopic (exact) mass is 241 g/mol. The van der Waals surface area contributed by atoms with Gasteiger partial charge in [-0.25, -0.2) is 0 Å². The van der Waals surface area contributed by atoms with E-state index < -0.39 is 0 Å². The van der Waals surface area contributed by atoms with Gasteiger partial charge < -0.3 is 4.90 Å². The highest BCUT2D eigenvalue weighted by Gasteiger charge is 2.22. The van der Waals surface area contributed by atoms with Crippen LogP contribution in [0.2, 0.25) is 0 Å². The number of halogens is 1. The fourth-order valence-electron chi connectivity index (χ4n) is 2.46. The van der Waals surface area contributed by atoms with Gasteiger partial charge in [0.15, 0.2) is 0 Å². The molecule has 0 aromatic carbocycles. The maximum atomic E-state index is 6.02. The van der Waals surface area contributed by atoms with Crippen LogP contribution in [0, 0.1) is 12.8 Å². The van der Waals surface area contributed by atoms with Crippen molar-refractivity contribution in [1.82, 2.24) is 9.78 Å². The van der Waals surface area contributed by atoms with Gasteiger partial charge in [-0.3, -0.25) is 4.68 Å². The molecule has 1 aromatic heterocycles. The van der Waals surface area contributed by atoms with E-state index in [1.165, 1.54) is 24.2 Å². The van der Waals surface area contributed by atoms with Crippen LogP contribution in [0.5, 0.6) is 0 Å². The molecule has 0 N–H and O–H groups in total. The third kappa shape index (κ3) is 2.05. The third-order valence-electron chi connectivity index (χ3n) is 3.53. The summed E-state index contributed by atoms with van der Waals surface area (Å²) in [7, 11) is 2.01. The number of nitrogens with zero attached hydrogens (tertiary/aromatic N) is 3. The zero-order valence-electron chi connectivity index (χ0n) is 10.3. The van der Waals surface area contributed by atoms with E-state index in [4.69, 9.17) is 11.6 Å². The molecule has 0 radical (unpaired) electrons. The first-order valence-electron chi connectivity index (χ1n) is 5.97. The Morgan fingerprint density at radius 2 is 2.00 bits per heavy atom. The molecule has 0 aliphatic carbocycles. The molecule has 1 aromatic rings. The van der Waals surface area contributed by atoms with Gasteiger partial charge in [0.2, 0.25) is 0 Å². The van der Waals surface area contributed by atoms with Gasteiger partial charge in [-0.15, -0.1) is 11.6 Å². The Balaban J connectivity index is 2.25.